The molecule has 3 fully saturated rings. The molecule has 8 unspecified atom stereocenters. The van der Waals surface area contributed by atoms with Crippen molar-refractivity contribution in [1.29, 1.82) is 0 Å². The van der Waals surface area contributed by atoms with Crippen molar-refractivity contribution < 1.29 is 19.7 Å². The Morgan fingerprint density at radius 3 is 2.52 bits per heavy atom. The first-order valence-electron chi connectivity index (χ1n) is 10.8. The molecule has 8 atom stereocenters. The van der Waals surface area contributed by atoms with Gasteiger partial charge in [0.25, 0.3) is 0 Å². The summed E-state index contributed by atoms with van der Waals surface area (Å²) in [7, 11) is 0. The zero-order chi connectivity index (χ0) is 19.0. The number of aliphatic hydroxyl groups is 2. The Hall–Kier alpha value is -1.00. The summed E-state index contributed by atoms with van der Waals surface area (Å²) in [5.74, 6) is 1.14. The van der Waals surface area contributed by atoms with Gasteiger partial charge in [-0.05, 0) is 73.5 Å². The molecule has 0 radical (unpaired) electrons. The molecule has 0 saturated heterocycles. The quantitative estimate of drug-likeness (QED) is 0.678. The molecule has 1 heterocycles. The Morgan fingerprint density at radius 1 is 1.04 bits per heavy atom. The van der Waals surface area contributed by atoms with Gasteiger partial charge < -0.3 is 19.7 Å². The van der Waals surface area contributed by atoms with Crippen LogP contribution in [0, 0.1) is 34.5 Å². The number of hydrogen-bond acceptors (Lipinski definition) is 4. The molecule has 0 aromatic heterocycles. The van der Waals surface area contributed by atoms with Crippen LogP contribution in [0.2, 0.25) is 0 Å². The number of rotatable bonds is 1. The Labute approximate surface area is 162 Å². The van der Waals surface area contributed by atoms with Gasteiger partial charge in [-0.15, -0.1) is 0 Å². The van der Waals surface area contributed by atoms with Crippen molar-refractivity contribution in [3.8, 4) is 0 Å². The third-order valence-corrected chi connectivity index (χ3v) is 9.30. The van der Waals surface area contributed by atoms with E-state index in [4.69, 9.17) is 9.47 Å². The van der Waals surface area contributed by atoms with Crippen molar-refractivity contribution in [2.45, 2.75) is 83.7 Å². The van der Waals surface area contributed by atoms with Crippen LogP contribution in [0.1, 0.15) is 65.7 Å². The van der Waals surface area contributed by atoms with E-state index in [-0.39, 0.29) is 23.0 Å². The summed E-state index contributed by atoms with van der Waals surface area (Å²) in [5.41, 5.74) is 1.49. The number of aliphatic hydroxyl groups excluding tert-OH is 2. The lowest BCUT2D eigenvalue weighted by atomic mass is 9.46. The molecule has 4 heteroatoms. The van der Waals surface area contributed by atoms with Crippen LogP contribution in [0.15, 0.2) is 24.2 Å². The standard InChI is InChI=1S/C23H34O4/c1-21-9-8-15(24)12-14(21)4-5-16-17-6-7-19(23(3)26-10-11-27-23)22(17,2)13-18(25)20(16)21/h4,10-11,15-20,24-25H,5-9,12-13H2,1-3H3. The largest absolute Gasteiger partial charge is 0.457 e. The molecular weight excluding hydrogens is 340 g/mol. The smallest absolute Gasteiger partial charge is 0.250 e. The molecule has 5 rings (SSSR count). The highest BCUT2D eigenvalue weighted by atomic mass is 16.7. The van der Waals surface area contributed by atoms with E-state index in [9.17, 15) is 10.2 Å². The predicted molar refractivity (Wildman–Crippen MR) is 102 cm³/mol. The molecule has 0 bridgehead atoms. The van der Waals surface area contributed by atoms with E-state index < -0.39 is 5.79 Å². The summed E-state index contributed by atoms with van der Waals surface area (Å²) >= 11 is 0. The van der Waals surface area contributed by atoms with Crippen molar-refractivity contribution in [1.82, 2.24) is 0 Å². The first-order chi connectivity index (χ1) is 12.8. The fourth-order valence-corrected chi connectivity index (χ4v) is 8.15. The molecule has 5 aliphatic rings. The molecule has 3 saturated carbocycles. The molecule has 2 N–H and O–H groups in total. The molecule has 150 valence electrons. The summed E-state index contributed by atoms with van der Waals surface area (Å²) in [5, 5.41) is 21.6. The average Bonchev–Trinajstić information content (AvgIpc) is 3.19. The number of ether oxygens (including phenoxy) is 2. The summed E-state index contributed by atoms with van der Waals surface area (Å²) in [6, 6.07) is 0. The van der Waals surface area contributed by atoms with Gasteiger partial charge in [0.1, 0.15) is 12.5 Å². The third kappa shape index (κ3) is 2.35. The van der Waals surface area contributed by atoms with Crippen LogP contribution in [0.4, 0.5) is 0 Å². The minimum atomic E-state index is -0.593. The van der Waals surface area contributed by atoms with E-state index in [1.165, 1.54) is 12.0 Å². The molecule has 0 amide bonds. The average molecular weight is 375 g/mol. The third-order valence-electron chi connectivity index (χ3n) is 9.30. The first kappa shape index (κ1) is 18.1. The lowest BCUT2D eigenvalue weighted by Crippen LogP contribution is -2.58. The Bertz CT molecular complexity index is 676. The normalized spacial score (nSPS) is 52.9. The Kier molecular flexibility index (Phi) is 3.85. The van der Waals surface area contributed by atoms with Crippen LogP contribution in [-0.4, -0.2) is 28.2 Å². The topological polar surface area (TPSA) is 58.9 Å². The van der Waals surface area contributed by atoms with Gasteiger partial charge >= 0.3 is 0 Å². The number of hydrogen-bond donors (Lipinski definition) is 2. The summed E-state index contributed by atoms with van der Waals surface area (Å²) < 4.78 is 11.8. The minimum Gasteiger partial charge on any atom is -0.457 e. The van der Waals surface area contributed by atoms with Crippen LogP contribution in [0.5, 0.6) is 0 Å². The highest BCUT2D eigenvalue weighted by molar-refractivity contribution is 5.26. The molecule has 1 aliphatic heterocycles. The van der Waals surface area contributed by atoms with Crippen LogP contribution in [-0.2, 0) is 9.47 Å². The van der Waals surface area contributed by atoms with Gasteiger partial charge in [0.2, 0.25) is 5.79 Å². The minimum absolute atomic E-state index is 0.0389. The number of fused-ring (bicyclic) bond motifs is 5. The summed E-state index contributed by atoms with van der Waals surface area (Å²) in [4.78, 5) is 0. The second-order valence-electron chi connectivity index (χ2n) is 10.5. The SMILES string of the molecule is CC1(C2CCC3C4CC=C5CC(O)CCC5(C)C4C(O)CC32C)OC=CO1. The van der Waals surface area contributed by atoms with Crippen molar-refractivity contribution in [3.05, 3.63) is 24.2 Å². The second kappa shape index (κ2) is 5.76. The lowest BCUT2D eigenvalue weighted by Gasteiger charge is -2.60. The van der Waals surface area contributed by atoms with E-state index >= 15 is 0 Å². The van der Waals surface area contributed by atoms with E-state index in [0.29, 0.717) is 23.7 Å². The monoisotopic (exact) mass is 374 g/mol. The fraction of sp³-hybridized carbons (Fsp3) is 0.826. The van der Waals surface area contributed by atoms with Crippen LogP contribution >= 0.6 is 0 Å². The van der Waals surface area contributed by atoms with E-state index in [1.54, 1.807) is 12.5 Å². The highest BCUT2D eigenvalue weighted by Crippen LogP contribution is 2.68. The van der Waals surface area contributed by atoms with Crippen molar-refractivity contribution in [3.63, 3.8) is 0 Å². The van der Waals surface area contributed by atoms with Crippen LogP contribution in [0.25, 0.3) is 0 Å². The summed E-state index contributed by atoms with van der Waals surface area (Å²) in [6.45, 7) is 6.79. The molecule has 4 nitrogen and oxygen atoms in total. The van der Waals surface area contributed by atoms with Crippen LogP contribution < -0.4 is 0 Å². The molecule has 27 heavy (non-hydrogen) atoms. The predicted octanol–water partition coefficient (Wildman–Crippen LogP) is 4.13. The second-order valence-corrected chi connectivity index (χ2v) is 10.5. The first-order valence-corrected chi connectivity index (χ1v) is 10.8. The van der Waals surface area contributed by atoms with Gasteiger partial charge in [0.05, 0.1) is 12.2 Å². The maximum absolute atomic E-state index is 11.4. The van der Waals surface area contributed by atoms with Gasteiger partial charge in [-0.3, -0.25) is 0 Å². The molecule has 0 aromatic carbocycles. The molecule has 0 aromatic rings. The van der Waals surface area contributed by atoms with Gasteiger partial charge in [0, 0.05) is 12.8 Å². The fourth-order valence-electron chi connectivity index (χ4n) is 8.15. The van der Waals surface area contributed by atoms with Gasteiger partial charge in [-0.1, -0.05) is 25.5 Å². The van der Waals surface area contributed by atoms with Crippen molar-refractivity contribution in [2.75, 3.05) is 0 Å². The van der Waals surface area contributed by atoms with Gasteiger partial charge in [0.15, 0.2) is 0 Å². The zero-order valence-corrected chi connectivity index (χ0v) is 16.9. The maximum atomic E-state index is 11.4. The van der Waals surface area contributed by atoms with E-state index in [0.717, 1.165) is 38.5 Å². The van der Waals surface area contributed by atoms with Crippen LogP contribution in [0.3, 0.4) is 0 Å². The van der Waals surface area contributed by atoms with E-state index in [2.05, 4.69) is 26.8 Å². The maximum Gasteiger partial charge on any atom is 0.250 e. The summed E-state index contributed by atoms with van der Waals surface area (Å²) in [6.07, 6.45) is 12.1. The Balaban J connectivity index is 1.49. The zero-order valence-electron chi connectivity index (χ0n) is 16.9. The van der Waals surface area contributed by atoms with Crippen molar-refractivity contribution in [2.24, 2.45) is 34.5 Å². The Morgan fingerprint density at radius 2 is 1.78 bits per heavy atom. The van der Waals surface area contributed by atoms with E-state index in [1.807, 2.05) is 0 Å². The van der Waals surface area contributed by atoms with Crippen molar-refractivity contribution >= 4 is 0 Å². The van der Waals surface area contributed by atoms with Gasteiger partial charge in [-0.2, -0.15) is 0 Å². The van der Waals surface area contributed by atoms with Gasteiger partial charge in [-0.25, -0.2) is 0 Å². The highest BCUT2D eigenvalue weighted by Gasteiger charge is 2.65. The lowest BCUT2D eigenvalue weighted by molar-refractivity contribution is -0.214. The number of allylic oxidation sites excluding steroid dienone is 1. The molecule has 4 aliphatic carbocycles. The molecular formula is C23H34O4. The molecule has 0 spiro atoms.